The number of benzene rings is 1. The van der Waals surface area contributed by atoms with Crippen LogP contribution in [0, 0.1) is 5.92 Å². The summed E-state index contributed by atoms with van der Waals surface area (Å²) >= 11 is 11.8. The fraction of sp³-hybridized carbons (Fsp3) is 0.500. The molecule has 0 bridgehead atoms. The van der Waals surface area contributed by atoms with Crippen LogP contribution >= 0.6 is 23.8 Å². The average molecular weight is 443 g/mol. The molecular formula is C24H31ClN4S. The van der Waals surface area contributed by atoms with E-state index in [0.717, 1.165) is 54.9 Å². The van der Waals surface area contributed by atoms with E-state index in [1.165, 1.54) is 31.2 Å². The molecule has 0 radical (unpaired) electrons. The van der Waals surface area contributed by atoms with Gasteiger partial charge < -0.3 is 15.5 Å². The van der Waals surface area contributed by atoms with Gasteiger partial charge in [0.2, 0.25) is 0 Å². The first-order valence-electron chi connectivity index (χ1n) is 11.1. The molecule has 1 aromatic carbocycles. The molecule has 30 heavy (non-hydrogen) atoms. The summed E-state index contributed by atoms with van der Waals surface area (Å²) in [6.07, 6.45) is 9.24. The van der Waals surface area contributed by atoms with Gasteiger partial charge in [-0.1, -0.05) is 43.5 Å². The molecule has 2 heterocycles. The van der Waals surface area contributed by atoms with Crippen LogP contribution in [0.2, 0.25) is 5.02 Å². The number of rotatable bonds is 5. The van der Waals surface area contributed by atoms with E-state index in [1.807, 2.05) is 18.3 Å². The van der Waals surface area contributed by atoms with E-state index in [-0.39, 0.29) is 5.41 Å². The van der Waals surface area contributed by atoms with Crippen LogP contribution < -0.4 is 15.5 Å². The molecular weight excluding hydrogens is 412 g/mol. The minimum Gasteiger partial charge on any atom is -0.362 e. The highest BCUT2D eigenvalue weighted by Crippen LogP contribution is 2.41. The Morgan fingerprint density at radius 3 is 2.77 bits per heavy atom. The second-order valence-corrected chi connectivity index (χ2v) is 9.75. The van der Waals surface area contributed by atoms with Crippen LogP contribution in [0.5, 0.6) is 0 Å². The second-order valence-electron chi connectivity index (χ2n) is 8.90. The molecule has 0 spiro atoms. The minimum absolute atomic E-state index is 0.101. The van der Waals surface area contributed by atoms with Crippen LogP contribution in [0.3, 0.4) is 0 Å². The topological polar surface area (TPSA) is 40.2 Å². The average Bonchev–Trinajstić information content (AvgIpc) is 3.23. The molecule has 2 aromatic rings. The third kappa shape index (κ3) is 5.06. The van der Waals surface area contributed by atoms with Crippen LogP contribution in [-0.2, 0) is 5.41 Å². The van der Waals surface area contributed by atoms with E-state index in [1.54, 1.807) is 0 Å². The molecule has 1 saturated carbocycles. The molecule has 160 valence electrons. The van der Waals surface area contributed by atoms with E-state index in [4.69, 9.17) is 23.8 Å². The summed E-state index contributed by atoms with van der Waals surface area (Å²) in [6, 6.07) is 12.4. The summed E-state index contributed by atoms with van der Waals surface area (Å²) in [5, 5.41) is 8.20. The van der Waals surface area contributed by atoms with Gasteiger partial charge in [-0.15, -0.1) is 0 Å². The number of hydrogen-bond donors (Lipinski definition) is 2. The van der Waals surface area contributed by atoms with Crippen LogP contribution in [0.1, 0.15) is 51.0 Å². The van der Waals surface area contributed by atoms with Crippen molar-refractivity contribution in [3.63, 3.8) is 0 Å². The molecule has 2 fully saturated rings. The van der Waals surface area contributed by atoms with Crippen LogP contribution in [-0.4, -0.2) is 29.7 Å². The number of thiocarbonyl (C=S) groups is 1. The van der Waals surface area contributed by atoms with Crippen molar-refractivity contribution in [2.75, 3.05) is 29.9 Å². The first kappa shape index (κ1) is 21.4. The predicted octanol–water partition coefficient (Wildman–Crippen LogP) is 5.77. The van der Waals surface area contributed by atoms with Crippen molar-refractivity contribution in [2.24, 2.45) is 5.92 Å². The zero-order valence-electron chi connectivity index (χ0n) is 17.7. The normalized spacial score (nSPS) is 20.7. The zero-order chi connectivity index (χ0) is 21.0. The van der Waals surface area contributed by atoms with Crippen molar-refractivity contribution in [1.82, 2.24) is 10.3 Å². The van der Waals surface area contributed by atoms with Gasteiger partial charge in [-0.3, -0.25) is 0 Å². The van der Waals surface area contributed by atoms with E-state index < -0.39 is 0 Å². The van der Waals surface area contributed by atoms with Crippen molar-refractivity contribution in [3.05, 3.63) is 53.2 Å². The minimum atomic E-state index is 0.101. The number of piperidine rings is 1. The van der Waals surface area contributed by atoms with Gasteiger partial charge in [0.1, 0.15) is 5.82 Å². The van der Waals surface area contributed by atoms with E-state index in [9.17, 15) is 0 Å². The molecule has 1 aliphatic heterocycles. The summed E-state index contributed by atoms with van der Waals surface area (Å²) in [7, 11) is 0. The van der Waals surface area contributed by atoms with Gasteiger partial charge in [-0.25, -0.2) is 4.98 Å². The summed E-state index contributed by atoms with van der Waals surface area (Å²) in [5.41, 5.74) is 2.33. The molecule has 0 amide bonds. The Morgan fingerprint density at radius 2 is 2.07 bits per heavy atom. The lowest BCUT2D eigenvalue weighted by molar-refractivity contribution is 0.435. The molecule has 2 aliphatic rings. The van der Waals surface area contributed by atoms with Gasteiger partial charge in [-0.05, 0) is 73.6 Å². The number of nitrogens with one attached hydrogen (secondary N) is 2. The quantitative estimate of drug-likeness (QED) is 0.575. The predicted molar refractivity (Wildman–Crippen MR) is 131 cm³/mol. The number of anilines is 2. The van der Waals surface area contributed by atoms with Crippen LogP contribution in [0.15, 0.2) is 42.6 Å². The Bertz CT molecular complexity index is 864. The number of pyridine rings is 1. The highest BCUT2D eigenvalue weighted by Gasteiger charge is 2.35. The Labute approximate surface area is 190 Å². The summed E-state index contributed by atoms with van der Waals surface area (Å²) in [6.45, 7) is 5.31. The number of halogens is 1. The standard InChI is InChI=1S/C24H31ClN4S/c1-18-6-5-13-29(16-18)22-10-9-21(15-26-22)28-23(30)27-17-24(11-2-3-12-24)19-7-4-8-20(25)14-19/h4,7-10,14-15,18H,2-3,5-6,11-13,16-17H2,1H3,(H2,27,28,30). The molecule has 1 saturated heterocycles. The van der Waals surface area contributed by atoms with E-state index in [0.29, 0.717) is 5.11 Å². The van der Waals surface area contributed by atoms with Gasteiger partial charge in [0, 0.05) is 30.1 Å². The maximum Gasteiger partial charge on any atom is 0.170 e. The molecule has 1 unspecified atom stereocenters. The molecule has 6 heteroatoms. The highest BCUT2D eigenvalue weighted by atomic mass is 35.5. The fourth-order valence-corrected chi connectivity index (χ4v) is 5.29. The SMILES string of the molecule is CC1CCCN(c2ccc(NC(=S)NCC3(c4cccc(Cl)c4)CCCC3)cn2)C1. The lowest BCUT2D eigenvalue weighted by Crippen LogP contribution is -2.40. The first-order valence-corrected chi connectivity index (χ1v) is 11.8. The highest BCUT2D eigenvalue weighted by molar-refractivity contribution is 7.80. The largest absolute Gasteiger partial charge is 0.362 e. The van der Waals surface area contributed by atoms with Gasteiger partial charge >= 0.3 is 0 Å². The summed E-state index contributed by atoms with van der Waals surface area (Å²) in [4.78, 5) is 7.04. The monoisotopic (exact) mass is 442 g/mol. The number of hydrogen-bond acceptors (Lipinski definition) is 3. The summed E-state index contributed by atoms with van der Waals surface area (Å²) < 4.78 is 0. The Balaban J connectivity index is 1.35. The summed E-state index contributed by atoms with van der Waals surface area (Å²) in [5.74, 6) is 1.79. The van der Waals surface area contributed by atoms with Gasteiger partial charge in [0.15, 0.2) is 5.11 Å². The molecule has 1 aromatic heterocycles. The maximum absolute atomic E-state index is 6.26. The lowest BCUT2D eigenvalue weighted by atomic mass is 9.79. The van der Waals surface area contributed by atoms with Gasteiger partial charge in [-0.2, -0.15) is 0 Å². The smallest absolute Gasteiger partial charge is 0.170 e. The van der Waals surface area contributed by atoms with Gasteiger partial charge in [0.05, 0.1) is 11.9 Å². The van der Waals surface area contributed by atoms with Crippen molar-refractivity contribution < 1.29 is 0 Å². The van der Waals surface area contributed by atoms with Crippen LogP contribution in [0.4, 0.5) is 11.5 Å². The van der Waals surface area contributed by atoms with Crippen LogP contribution in [0.25, 0.3) is 0 Å². The number of nitrogens with zero attached hydrogens (tertiary/aromatic N) is 2. The molecule has 4 nitrogen and oxygen atoms in total. The Hall–Kier alpha value is -1.85. The van der Waals surface area contributed by atoms with Gasteiger partial charge in [0.25, 0.3) is 0 Å². The lowest BCUT2D eigenvalue weighted by Gasteiger charge is -2.32. The first-order chi connectivity index (χ1) is 14.5. The second kappa shape index (κ2) is 9.52. The third-order valence-electron chi connectivity index (χ3n) is 6.57. The van der Waals surface area contributed by atoms with Crippen molar-refractivity contribution in [1.29, 1.82) is 0 Å². The third-order valence-corrected chi connectivity index (χ3v) is 7.05. The molecule has 1 atom stereocenters. The van der Waals surface area contributed by atoms with E-state index in [2.05, 4.69) is 51.7 Å². The number of aromatic nitrogens is 1. The fourth-order valence-electron chi connectivity index (χ4n) is 4.91. The Morgan fingerprint density at radius 1 is 1.23 bits per heavy atom. The zero-order valence-corrected chi connectivity index (χ0v) is 19.2. The molecule has 1 aliphatic carbocycles. The molecule has 2 N–H and O–H groups in total. The van der Waals surface area contributed by atoms with Crippen molar-refractivity contribution >= 4 is 40.4 Å². The van der Waals surface area contributed by atoms with Crippen molar-refractivity contribution in [2.45, 2.75) is 50.9 Å². The van der Waals surface area contributed by atoms with Crippen molar-refractivity contribution in [3.8, 4) is 0 Å². The molecule has 4 rings (SSSR count). The Kier molecular flexibility index (Phi) is 6.79. The van der Waals surface area contributed by atoms with E-state index >= 15 is 0 Å². The maximum atomic E-state index is 6.26.